The van der Waals surface area contributed by atoms with Gasteiger partial charge in [-0.2, -0.15) is 0 Å². The molecule has 7 heteroatoms. The molecule has 0 aliphatic rings. The van der Waals surface area contributed by atoms with E-state index in [0.717, 1.165) is 12.5 Å². The molecule has 0 aliphatic heterocycles. The first kappa shape index (κ1) is 26.3. The Hall–Kier alpha value is -0.940. The highest BCUT2D eigenvalue weighted by Gasteiger charge is 2.00. The van der Waals surface area contributed by atoms with Crippen LogP contribution in [0.2, 0.25) is 0 Å². The third-order valence-electron chi connectivity index (χ3n) is 3.46. The molecule has 0 fully saturated rings. The Bertz CT molecular complexity index is 392. The second-order valence-corrected chi connectivity index (χ2v) is 6.99. The van der Waals surface area contributed by atoms with Gasteiger partial charge in [-0.25, -0.2) is 9.36 Å². The lowest BCUT2D eigenvalue weighted by molar-refractivity contribution is -0.131. The maximum atomic E-state index is 10.2. The summed E-state index contributed by atoms with van der Waals surface area (Å²) in [6, 6.07) is 0. The first-order valence-corrected chi connectivity index (χ1v) is 10.7. The highest BCUT2D eigenvalue weighted by Crippen LogP contribution is 2.25. The summed E-state index contributed by atoms with van der Waals surface area (Å²) in [6.07, 6.45) is 22.7. The number of phosphoric acid groups is 1. The SMILES string of the molecule is CCCCCCCCCCCCCC=CC=CC(=O)O.O=P(O)(O)O. The molecule has 0 aromatic heterocycles. The van der Waals surface area contributed by atoms with Crippen molar-refractivity contribution in [1.82, 2.24) is 0 Å². The zero-order valence-electron chi connectivity index (χ0n) is 15.3. The van der Waals surface area contributed by atoms with Crippen molar-refractivity contribution in [3.63, 3.8) is 0 Å². The van der Waals surface area contributed by atoms with Gasteiger partial charge >= 0.3 is 13.8 Å². The van der Waals surface area contributed by atoms with Crippen LogP contribution in [-0.4, -0.2) is 25.8 Å². The molecule has 0 atom stereocenters. The van der Waals surface area contributed by atoms with Crippen LogP contribution in [0.25, 0.3) is 0 Å². The monoisotopic (exact) mass is 378 g/mol. The smallest absolute Gasteiger partial charge is 0.466 e. The van der Waals surface area contributed by atoms with Crippen molar-refractivity contribution in [3.8, 4) is 0 Å². The maximum absolute atomic E-state index is 10.2. The summed E-state index contributed by atoms with van der Waals surface area (Å²) in [7, 11) is -4.64. The van der Waals surface area contributed by atoms with Crippen LogP contribution >= 0.6 is 7.82 Å². The second-order valence-electron chi connectivity index (χ2n) is 5.96. The number of allylic oxidation sites excluding steroid dienone is 3. The van der Waals surface area contributed by atoms with E-state index in [1.54, 1.807) is 6.08 Å². The largest absolute Gasteiger partial charge is 0.478 e. The number of hydrogen-bond donors (Lipinski definition) is 4. The van der Waals surface area contributed by atoms with E-state index < -0.39 is 13.8 Å². The number of aliphatic carboxylic acids is 1. The van der Waals surface area contributed by atoms with Gasteiger partial charge in [-0.1, -0.05) is 89.4 Å². The molecule has 6 nitrogen and oxygen atoms in total. The molecule has 0 aromatic rings. The Morgan fingerprint density at radius 2 is 1.20 bits per heavy atom. The van der Waals surface area contributed by atoms with Crippen LogP contribution < -0.4 is 0 Å². The van der Waals surface area contributed by atoms with Crippen molar-refractivity contribution in [2.45, 2.75) is 84.0 Å². The molecular weight excluding hydrogens is 343 g/mol. The normalized spacial score (nSPS) is 11.7. The van der Waals surface area contributed by atoms with Crippen molar-refractivity contribution in [3.05, 3.63) is 24.3 Å². The summed E-state index contributed by atoms with van der Waals surface area (Å²) in [4.78, 5) is 31.8. The molecule has 0 rings (SSSR count). The Balaban J connectivity index is 0. The summed E-state index contributed by atoms with van der Waals surface area (Å²) < 4.78 is 8.88. The van der Waals surface area contributed by atoms with E-state index in [9.17, 15) is 4.79 Å². The first-order chi connectivity index (χ1) is 11.8. The molecule has 0 aromatic carbocycles. The third-order valence-corrected chi connectivity index (χ3v) is 3.46. The highest BCUT2D eigenvalue weighted by atomic mass is 31.2. The molecule has 0 saturated carbocycles. The number of unbranched alkanes of at least 4 members (excludes halogenated alkanes) is 11. The van der Waals surface area contributed by atoms with Gasteiger partial charge in [-0.05, 0) is 12.8 Å². The molecule has 0 unspecified atom stereocenters. The molecule has 0 spiro atoms. The van der Waals surface area contributed by atoms with Gasteiger partial charge < -0.3 is 19.8 Å². The molecule has 148 valence electrons. The maximum Gasteiger partial charge on any atom is 0.466 e. The third kappa shape index (κ3) is 39.7. The van der Waals surface area contributed by atoms with Crippen LogP contribution in [0.15, 0.2) is 24.3 Å². The fourth-order valence-electron chi connectivity index (χ4n) is 2.24. The molecule has 0 heterocycles. The predicted octanol–water partition coefficient (Wildman–Crippen LogP) is 4.96. The van der Waals surface area contributed by atoms with Crippen LogP contribution in [-0.2, 0) is 9.36 Å². The van der Waals surface area contributed by atoms with Gasteiger partial charge in [0.1, 0.15) is 0 Å². The molecular formula is C18H35O6P. The van der Waals surface area contributed by atoms with Crippen LogP contribution in [0.5, 0.6) is 0 Å². The van der Waals surface area contributed by atoms with E-state index in [2.05, 4.69) is 6.92 Å². The minimum Gasteiger partial charge on any atom is -0.478 e. The van der Waals surface area contributed by atoms with Crippen molar-refractivity contribution < 1.29 is 29.1 Å². The Morgan fingerprint density at radius 1 is 0.800 bits per heavy atom. The number of carbonyl (C=O) groups is 1. The summed E-state index contributed by atoms with van der Waals surface area (Å²) in [5.74, 6) is -0.885. The minimum atomic E-state index is -4.64. The van der Waals surface area contributed by atoms with Crippen molar-refractivity contribution in [2.75, 3.05) is 0 Å². The fourth-order valence-corrected chi connectivity index (χ4v) is 2.24. The van der Waals surface area contributed by atoms with E-state index in [1.807, 2.05) is 12.2 Å². The van der Waals surface area contributed by atoms with Gasteiger partial charge in [-0.3, -0.25) is 0 Å². The summed E-state index contributed by atoms with van der Waals surface area (Å²) in [5, 5.41) is 8.40. The van der Waals surface area contributed by atoms with E-state index >= 15 is 0 Å². The Labute approximate surface area is 151 Å². The number of carboxylic acid groups (broad SMARTS) is 1. The number of carboxylic acids is 1. The Morgan fingerprint density at radius 3 is 1.60 bits per heavy atom. The lowest BCUT2D eigenvalue weighted by Gasteiger charge is -2.01. The molecule has 0 aliphatic carbocycles. The molecule has 0 amide bonds. The minimum absolute atomic E-state index is 0.885. The Kier molecular flexibility index (Phi) is 20.4. The van der Waals surface area contributed by atoms with Gasteiger partial charge in [0.2, 0.25) is 0 Å². The van der Waals surface area contributed by atoms with E-state index in [1.165, 1.54) is 70.6 Å². The van der Waals surface area contributed by atoms with Crippen LogP contribution in [0.4, 0.5) is 0 Å². The quantitative estimate of drug-likeness (QED) is 0.147. The number of hydrogen-bond acceptors (Lipinski definition) is 2. The van der Waals surface area contributed by atoms with Crippen molar-refractivity contribution in [2.24, 2.45) is 0 Å². The van der Waals surface area contributed by atoms with E-state index in [4.69, 9.17) is 24.4 Å². The summed E-state index contributed by atoms with van der Waals surface area (Å²) >= 11 is 0. The average Bonchev–Trinajstić information content (AvgIpc) is 2.49. The van der Waals surface area contributed by atoms with E-state index in [0.29, 0.717) is 0 Å². The zero-order valence-corrected chi connectivity index (χ0v) is 16.2. The lowest BCUT2D eigenvalue weighted by atomic mass is 10.1. The van der Waals surface area contributed by atoms with Crippen LogP contribution in [0.1, 0.15) is 84.0 Å². The molecule has 0 saturated heterocycles. The standard InChI is InChI=1S/C18H32O2.H3O4P/c1-2-3-4-5-6-7-8-9-10-11-12-13-14-15-16-17-18(19)20;1-5(2,3)4/h14-17H,2-13H2,1H3,(H,19,20);(H3,1,2,3,4). The van der Waals surface area contributed by atoms with Gasteiger partial charge in [0, 0.05) is 6.08 Å². The van der Waals surface area contributed by atoms with E-state index in [-0.39, 0.29) is 0 Å². The van der Waals surface area contributed by atoms with Crippen LogP contribution in [0, 0.1) is 0 Å². The predicted molar refractivity (Wildman–Crippen MR) is 101 cm³/mol. The van der Waals surface area contributed by atoms with Gasteiger partial charge in [0.15, 0.2) is 0 Å². The van der Waals surface area contributed by atoms with Crippen molar-refractivity contribution in [1.29, 1.82) is 0 Å². The van der Waals surface area contributed by atoms with Gasteiger partial charge in [0.25, 0.3) is 0 Å². The first-order valence-electron chi connectivity index (χ1n) is 9.11. The summed E-state index contributed by atoms with van der Waals surface area (Å²) in [5.41, 5.74) is 0. The molecule has 25 heavy (non-hydrogen) atoms. The van der Waals surface area contributed by atoms with Gasteiger partial charge in [0.05, 0.1) is 0 Å². The van der Waals surface area contributed by atoms with Crippen LogP contribution in [0.3, 0.4) is 0 Å². The lowest BCUT2D eigenvalue weighted by Crippen LogP contribution is -1.84. The topological polar surface area (TPSA) is 115 Å². The average molecular weight is 378 g/mol. The zero-order chi connectivity index (χ0) is 19.4. The summed E-state index contributed by atoms with van der Waals surface area (Å²) in [6.45, 7) is 2.26. The molecule has 0 bridgehead atoms. The fraction of sp³-hybridized carbons (Fsp3) is 0.722. The number of rotatable bonds is 14. The second kappa shape index (κ2) is 19.4. The van der Waals surface area contributed by atoms with Crippen molar-refractivity contribution >= 4 is 13.8 Å². The van der Waals surface area contributed by atoms with Gasteiger partial charge in [-0.15, -0.1) is 0 Å². The molecule has 4 N–H and O–H groups in total. The highest BCUT2D eigenvalue weighted by molar-refractivity contribution is 7.45. The molecule has 0 radical (unpaired) electrons.